The molecule has 0 saturated heterocycles. The molecule has 3 aromatic rings. The van der Waals surface area contributed by atoms with Crippen molar-refractivity contribution in [2.45, 2.75) is 19.4 Å². The van der Waals surface area contributed by atoms with E-state index in [0.717, 1.165) is 29.7 Å². The summed E-state index contributed by atoms with van der Waals surface area (Å²) < 4.78 is 15.0. The molecule has 2 amide bonds. The van der Waals surface area contributed by atoms with Crippen LogP contribution in [0.25, 0.3) is 11.3 Å². The Labute approximate surface area is 157 Å². The first kappa shape index (κ1) is 18.6. The number of H-pyrrole nitrogens is 1. The molecule has 0 atom stereocenters. The highest BCUT2D eigenvalue weighted by Crippen LogP contribution is 2.19. The molecule has 0 bridgehead atoms. The molecule has 0 unspecified atom stereocenters. The van der Waals surface area contributed by atoms with Gasteiger partial charge in [-0.25, -0.2) is 9.18 Å². The Morgan fingerprint density at radius 1 is 1.37 bits per heavy atom. The Hall–Kier alpha value is -3.16. The number of aryl methyl sites for hydroxylation is 2. The van der Waals surface area contributed by atoms with Gasteiger partial charge in [-0.2, -0.15) is 10.2 Å². The summed E-state index contributed by atoms with van der Waals surface area (Å²) in [5.74, 6) is -0.282. The van der Waals surface area contributed by atoms with Crippen LogP contribution in [-0.2, 0) is 20.0 Å². The van der Waals surface area contributed by atoms with Crippen LogP contribution in [0.15, 0.2) is 42.7 Å². The van der Waals surface area contributed by atoms with Gasteiger partial charge in [0.15, 0.2) is 0 Å². The fraction of sp³-hybridized carbons (Fsp3) is 0.316. The standard InChI is InChI=1S/C19H23FN6O/c1-25(19(27)21-11-14-12-22-26(2)13-14)8-4-7-17-10-18(24-23-17)15-5-3-6-16(20)9-15/h3,5-6,9-10,12-13H,4,7-8,11H2,1-2H3,(H,21,27)(H,23,24). The number of aromatic amines is 1. The number of nitrogens with one attached hydrogen (secondary N) is 2. The predicted molar refractivity (Wildman–Crippen MR) is 100 cm³/mol. The van der Waals surface area contributed by atoms with Crippen LogP contribution < -0.4 is 5.32 Å². The lowest BCUT2D eigenvalue weighted by Gasteiger charge is -2.17. The van der Waals surface area contributed by atoms with Crippen molar-refractivity contribution in [3.8, 4) is 11.3 Å². The number of amides is 2. The van der Waals surface area contributed by atoms with Gasteiger partial charge < -0.3 is 10.2 Å². The van der Waals surface area contributed by atoms with E-state index in [4.69, 9.17) is 0 Å². The van der Waals surface area contributed by atoms with Crippen LogP contribution in [0.1, 0.15) is 17.7 Å². The second kappa shape index (κ2) is 8.48. The lowest BCUT2D eigenvalue weighted by molar-refractivity contribution is 0.208. The molecule has 7 nitrogen and oxygen atoms in total. The first-order chi connectivity index (χ1) is 13.0. The second-order valence-corrected chi connectivity index (χ2v) is 6.49. The first-order valence-corrected chi connectivity index (χ1v) is 8.78. The Morgan fingerprint density at radius 3 is 2.96 bits per heavy atom. The number of nitrogens with zero attached hydrogens (tertiary/aromatic N) is 4. The lowest BCUT2D eigenvalue weighted by Crippen LogP contribution is -2.37. The van der Waals surface area contributed by atoms with Gasteiger partial charge in [0.25, 0.3) is 0 Å². The van der Waals surface area contributed by atoms with Crippen molar-refractivity contribution >= 4 is 6.03 Å². The Kier molecular flexibility index (Phi) is 5.85. The fourth-order valence-corrected chi connectivity index (χ4v) is 2.77. The van der Waals surface area contributed by atoms with Crippen molar-refractivity contribution in [2.75, 3.05) is 13.6 Å². The zero-order valence-electron chi connectivity index (χ0n) is 15.4. The molecule has 2 N–H and O–H groups in total. The number of hydrogen-bond acceptors (Lipinski definition) is 3. The van der Waals surface area contributed by atoms with Gasteiger partial charge >= 0.3 is 6.03 Å². The normalized spacial score (nSPS) is 10.8. The van der Waals surface area contributed by atoms with Crippen molar-refractivity contribution in [3.63, 3.8) is 0 Å². The zero-order valence-corrected chi connectivity index (χ0v) is 15.4. The minimum atomic E-state index is -0.282. The molecule has 2 heterocycles. The fourth-order valence-electron chi connectivity index (χ4n) is 2.77. The maximum atomic E-state index is 13.3. The summed E-state index contributed by atoms with van der Waals surface area (Å²) in [5, 5.41) is 14.2. The highest BCUT2D eigenvalue weighted by molar-refractivity contribution is 5.73. The van der Waals surface area contributed by atoms with Crippen molar-refractivity contribution in [1.82, 2.24) is 30.2 Å². The summed E-state index contributed by atoms with van der Waals surface area (Å²) in [6.45, 7) is 1.07. The molecule has 0 aliphatic rings. The van der Waals surface area contributed by atoms with Crippen molar-refractivity contribution in [3.05, 3.63) is 59.8 Å². The number of rotatable bonds is 7. The van der Waals surface area contributed by atoms with Gasteiger partial charge in [-0.15, -0.1) is 0 Å². The minimum absolute atomic E-state index is 0.121. The Balaban J connectivity index is 1.43. The molecule has 0 saturated carbocycles. The largest absolute Gasteiger partial charge is 0.334 e. The third-order valence-electron chi connectivity index (χ3n) is 4.24. The summed E-state index contributed by atoms with van der Waals surface area (Å²) in [6.07, 6.45) is 5.15. The maximum absolute atomic E-state index is 13.3. The molecule has 8 heteroatoms. The van der Waals surface area contributed by atoms with Gasteiger partial charge in [0.2, 0.25) is 0 Å². The average Bonchev–Trinajstić information content (AvgIpc) is 3.28. The number of carbonyl (C=O) groups excluding carboxylic acids is 1. The van der Waals surface area contributed by atoms with Crippen LogP contribution in [0.4, 0.5) is 9.18 Å². The van der Waals surface area contributed by atoms with Gasteiger partial charge in [-0.3, -0.25) is 9.78 Å². The van der Waals surface area contributed by atoms with Crippen molar-refractivity contribution < 1.29 is 9.18 Å². The highest BCUT2D eigenvalue weighted by atomic mass is 19.1. The average molecular weight is 370 g/mol. The second-order valence-electron chi connectivity index (χ2n) is 6.49. The Morgan fingerprint density at radius 2 is 2.22 bits per heavy atom. The number of benzene rings is 1. The van der Waals surface area contributed by atoms with E-state index in [-0.39, 0.29) is 11.8 Å². The van der Waals surface area contributed by atoms with Crippen LogP contribution in [0.5, 0.6) is 0 Å². The lowest BCUT2D eigenvalue weighted by atomic mass is 10.1. The quantitative estimate of drug-likeness (QED) is 0.671. The van der Waals surface area contributed by atoms with Gasteiger partial charge in [-0.1, -0.05) is 12.1 Å². The van der Waals surface area contributed by atoms with E-state index >= 15 is 0 Å². The zero-order chi connectivity index (χ0) is 19.2. The van der Waals surface area contributed by atoms with Gasteiger partial charge in [0.05, 0.1) is 11.9 Å². The summed E-state index contributed by atoms with van der Waals surface area (Å²) in [4.78, 5) is 13.8. The molecular formula is C19H23FN6O. The summed E-state index contributed by atoms with van der Waals surface area (Å²) in [7, 11) is 3.61. The van der Waals surface area contributed by atoms with E-state index in [9.17, 15) is 9.18 Å². The predicted octanol–water partition coefficient (Wildman–Crippen LogP) is 2.72. The third-order valence-corrected chi connectivity index (χ3v) is 4.24. The molecular weight excluding hydrogens is 347 g/mol. The number of hydrogen-bond donors (Lipinski definition) is 2. The maximum Gasteiger partial charge on any atom is 0.317 e. The minimum Gasteiger partial charge on any atom is -0.334 e. The van der Waals surface area contributed by atoms with Crippen LogP contribution in [0, 0.1) is 5.82 Å². The molecule has 0 radical (unpaired) electrons. The monoisotopic (exact) mass is 370 g/mol. The molecule has 27 heavy (non-hydrogen) atoms. The van der Waals surface area contributed by atoms with E-state index < -0.39 is 0 Å². The topological polar surface area (TPSA) is 78.8 Å². The third kappa shape index (κ3) is 5.16. The van der Waals surface area contributed by atoms with Gasteiger partial charge in [0, 0.05) is 50.2 Å². The SMILES string of the molecule is CN(CCCc1cc(-c2cccc(F)c2)n[nH]1)C(=O)NCc1cnn(C)c1. The van der Waals surface area contributed by atoms with E-state index in [0.29, 0.717) is 18.8 Å². The number of aromatic nitrogens is 4. The molecule has 3 rings (SSSR count). The molecule has 0 aliphatic carbocycles. The van der Waals surface area contributed by atoms with Crippen LogP contribution in [0.3, 0.4) is 0 Å². The summed E-state index contributed by atoms with van der Waals surface area (Å²) in [6, 6.07) is 8.15. The molecule has 1 aromatic carbocycles. The first-order valence-electron chi connectivity index (χ1n) is 8.78. The van der Waals surface area contributed by atoms with Crippen LogP contribution >= 0.6 is 0 Å². The van der Waals surface area contributed by atoms with Crippen molar-refractivity contribution in [1.29, 1.82) is 0 Å². The van der Waals surface area contributed by atoms with Gasteiger partial charge in [-0.05, 0) is 31.0 Å². The van der Waals surface area contributed by atoms with E-state index in [1.54, 1.807) is 28.9 Å². The number of halogens is 1. The summed E-state index contributed by atoms with van der Waals surface area (Å²) >= 11 is 0. The van der Waals surface area contributed by atoms with Crippen LogP contribution in [-0.4, -0.2) is 44.5 Å². The van der Waals surface area contributed by atoms with E-state index in [1.807, 2.05) is 25.4 Å². The smallest absolute Gasteiger partial charge is 0.317 e. The molecule has 0 fully saturated rings. The number of carbonyl (C=O) groups is 1. The highest BCUT2D eigenvalue weighted by Gasteiger charge is 2.09. The molecule has 2 aromatic heterocycles. The van der Waals surface area contributed by atoms with E-state index in [1.165, 1.54) is 12.1 Å². The molecule has 0 aliphatic heterocycles. The molecule has 0 spiro atoms. The van der Waals surface area contributed by atoms with Crippen molar-refractivity contribution in [2.24, 2.45) is 7.05 Å². The van der Waals surface area contributed by atoms with Gasteiger partial charge in [0.1, 0.15) is 5.82 Å². The van der Waals surface area contributed by atoms with Crippen LogP contribution in [0.2, 0.25) is 0 Å². The number of urea groups is 1. The Bertz CT molecular complexity index is 903. The molecule has 142 valence electrons. The summed E-state index contributed by atoms with van der Waals surface area (Å²) in [5.41, 5.74) is 3.37. The van der Waals surface area contributed by atoms with E-state index in [2.05, 4.69) is 20.6 Å².